The van der Waals surface area contributed by atoms with E-state index in [2.05, 4.69) is 17.6 Å². The number of benzene rings is 1. The lowest BCUT2D eigenvalue weighted by Gasteiger charge is -2.36. The van der Waals surface area contributed by atoms with Crippen LogP contribution in [0.4, 0.5) is 0 Å². The monoisotopic (exact) mass is 332 g/mol. The maximum absolute atomic E-state index is 10.3. The number of phenols is 1. The van der Waals surface area contributed by atoms with Crippen LogP contribution in [0.15, 0.2) is 5.38 Å². The second kappa shape index (κ2) is 5.80. The van der Waals surface area contributed by atoms with Crippen molar-refractivity contribution in [1.82, 2.24) is 10.3 Å². The van der Waals surface area contributed by atoms with Gasteiger partial charge in [-0.3, -0.25) is 0 Å². The molecule has 124 valence electrons. The molecule has 0 fully saturated rings. The minimum atomic E-state index is -0.407. The Balaban J connectivity index is 2.01. The lowest BCUT2D eigenvalue weighted by Crippen LogP contribution is -2.35. The van der Waals surface area contributed by atoms with Gasteiger partial charge >= 0.3 is 0 Å². The topological polar surface area (TPSA) is 54.4 Å². The van der Waals surface area contributed by atoms with Crippen LogP contribution in [-0.2, 0) is 18.6 Å². The lowest BCUT2D eigenvalue weighted by molar-refractivity contribution is 0.0572. The van der Waals surface area contributed by atoms with Crippen LogP contribution in [0.1, 0.15) is 46.3 Å². The molecule has 0 radical (unpaired) electrons. The molecule has 0 saturated carbocycles. The van der Waals surface area contributed by atoms with E-state index in [0.29, 0.717) is 5.75 Å². The molecule has 4 nitrogen and oxygen atoms in total. The number of thiazole rings is 1. The molecule has 23 heavy (non-hydrogen) atoms. The van der Waals surface area contributed by atoms with Gasteiger partial charge < -0.3 is 15.2 Å². The third-order valence-corrected chi connectivity index (χ3v) is 5.79. The van der Waals surface area contributed by atoms with Gasteiger partial charge in [-0.25, -0.2) is 4.98 Å². The fourth-order valence-corrected chi connectivity index (χ4v) is 4.14. The Morgan fingerprint density at radius 2 is 2.04 bits per heavy atom. The molecule has 0 amide bonds. The van der Waals surface area contributed by atoms with E-state index in [1.54, 1.807) is 11.3 Å². The highest BCUT2D eigenvalue weighted by Gasteiger charge is 2.37. The number of rotatable bonds is 3. The molecular formula is C18H24N2O2S. The zero-order valence-corrected chi connectivity index (χ0v) is 15.2. The maximum atomic E-state index is 10.3. The number of hydrogen-bond acceptors (Lipinski definition) is 5. The van der Waals surface area contributed by atoms with Crippen molar-refractivity contribution < 1.29 is 9.84 Å². The van der Waals surface area contributed by atoms with Crippen molar-refractivity contribution in [1.29, 1.82) is 0 Å². The second-order valence-electron chi connectivity index (χ2n) is 6.52. The fraction of sp³-hybridized carbons (Fsp3) is 0.500. The predicted molar refractivity (Wildman–Crippen MR) is 93.5 cm³/mol. The SMILES string of the molecule is CNCc1nc(C2(C)CCc3c(C)c(O)c(C)c(C)c3O2)cs1. The summed E-state index contributed by atoms with van der Waals surface area (Å²) in [5.74, 6) is 1.33. The number of nitrogens with one attached hydrogen (secondary N) is 1. The summed E-state index contributed by atoms with van der Waals surface area (Å²) in [7, 11) is 1.93. The molecule has 0 aliphatic carbocycles. The summed E-state index contributed by atoms with van der Waals surface area (Å²) in [5, 5.41) is 16.6. The third kappa shape index (κ3) is 2.62. The van der Waals surface area contributed by atoms with Gasteiger partial charge in [-0.2, -0.15) is 0 Å². The van der Waals surface area contributed by atoms with Gasteiger partial charge in [-0.1, -0.05) is 0 Å². The zero-order valence-electron chi connectivity index (χ0n) is 14.4. The number of fused-ring (bicyclic) bond motifs is 1. The van der Waals surface area contributed by atoms with Crippen LogP contribution < -0.4 is 10.1 Å². The molecule has 0 bridgehead atoms. The molecule has 1 aromatic carbocycles. The molecule has 2 aromatic rings. The number of aromatic hydroxyl groups is 1. The molecular weight excluding hydrogens is 308 g/mol. The van der Waals surface area contributed by atoms with Gasteiger partial charge in [0.05, 0.1) is 5.69 Å². The molecule has 1 aromatic heterocycles. The fourth-order valence-electron chi connectivity index (χ4n) is 3.21. The van der Waals surface area contributed by atoms with E-state index < -0.39 is 5.60 Å². The van der Waals surface area contributed by atoms with E-state index >= 15 is 0 Å². The first-order valence-corrected chi connectivity index (χ1v) is 8.85. The molecule has 2 heterocycles. The van der Waals surface area contributed by atoms with Crippen LogP contribution in [-0.4, -0.2) is 17.1 Å². The van der Waals surface area contributed by atoms with Gasteiger partial charge in [0.2, 0.25) is 0 Å². The molecule has 1 atom stereocenters. The molecule has 1 aliphatic heterocycles. The first-order chi connectivity index (χ1) is 10.9. The number of hydrogen-bond donors (Lipinski definition) is 2. The van der Waals surface area contributed by atoms with Crippen molar-refractivity contribution in [2.24, 2.45) is 0 Å². The van der Waals surface area contributed by atoms with Crippen LogP contribution >= 0.6 is 11.3 Å². The third-order valence-electron chi connectivity index (χ3n) is 4.94. The van der Waals surface area contributed by atoms with E-state index in [0.717, 1.165) is 58.1 Å². The summed E-state index contributed by atoms with van der Waals surface area (Å²) >= 11 is 1.67. The van der Waals surface area contributed by atoms with E-state index in [4.69, 9.17) is 9.72 Å². The number of nitrogens with zero attached hydrogens (tertiary/aromatic N) is 1. The molecule has 2 N–H and O–H groups in total. The largest absolute Gasteiger partial charge is 0.507 e. The normalized spacial score (nSPS) is 20.2. The number of phenolic OH excluding ortho intramolecular Hbond substituents is 1. The van der Waals surface area contributed by atoms with Crippen molar-refractivity contribution in [3.63, 3.8) is 0 Å². The highest BCUT2D eigenvalue weighted by atomic mass is 32.1. The molecule has 1 aliphatic rings. The number of aromatic nitrogens is 1. The first-order valence-electron chi connectivity index (χ1n) is 7.97. The predicted octanol–water partition coefficient (Wildman–Crippen LogP) is 3.73. The Kier molecular flexibility index (Phi) is 4.10. The summed E-state index contributed by atoms with van der Waals surface area (Å²) in [6, 6.07) is 0. The molecule has 3 rings (SSSR count). The van der Waals surface area contributed by atoms with Crippen LogP contribution in [0.2, 0.25) is 0 Å². The number of ether oxygens (including phenoxy) is 1. The second-order valence-corrected chi connectivity index (χ2v) is 7.46. The Hall–Kier alpha value is -1.59. The highest BCUT2D eigenvalue weighted by Crippen LogP contribution is 2.46. The Bertz CT molecular complexity index is 754. The van der Waals surface area contributed by atoms with Gasteiger partial charge in [-0.15, -0.1) is 11.3 Å². The van der Waals surface area contributed by atoms with Crippen molar-refractivity contribution in [2.75, 3.05) is 7.05 Å². The lowest BCUT2D eigenvalue weighted by atomic mass is 9.86. The molecule has 5 heteroatoms. The Morgan fingerprint density at radius 3 is 2.74 bits per heavy atom. The van der Waals surface area contributed by atoms with Crippen molar-refractivity contribution >= 4 is 11.3 Å². The van der Waals surface area contributed by atoms with Crippen molar-refractivity contribution in [3.05, 3.63) is 38.3 Å². The highest BCUT2D eigenvalue weighted by molar-refractivity contribution is 7.09. The molecule has 0 spiro atoms. The Labute approximate surface area is 141 Å². The smallest absolute Gasteiger partial charge is 0.149 e. The quantitative estimate of drug-likeness (QED) is 0.899. The summed E-state index contributed by atoms with van der Waals surface area (Å²) in [6.45, 7) is 8.84. The molecule has 0 saturated heterocycles. The maximum Gasteiger partial charge on any atom is 0.149 e. The summed E-state index contributed by atoms with van der Waals surface area (Å²) in [6.07, 6.45) is 1.76. The van der Waals surface area contributed by atoms with Gasteiger partial charge in [-0.05, 0) is 64.3 Å². The summed E-state index contributed by atoms with van der Waals surface area (Å²) in [5.41, 5.74) is 4.60. The van der Waals surface area contributed by atoms with Gasteiger partial charge in [0, 0.05) is 17.5 Å². The van der Waals surface area contributed by atoms with Gasteiger partial charge in [0.15, 0.2) is 0 Å². The van der Waals surface area contributed by atoms with E-state index in [1.807, 2.05) is 27.8 Å². The van der Waals surface area contributed by atoms with Crippen LogP contribution in [0.5, 0.6) is 11.5 Å². The average molecular weight is 332 g/mol. The zero-order chi connectivity index (χ0) is 16.8. The minimum absolute atomic E-state index is 0.401. The first kappa shape index (κ1) is 16.3. The van der Waals surface area contributed by atoms with Gasteiger partial charge in [0.1, 0.15) is 22.1 Å². The van der Waals surface area contributed by atoms with Crippen LogP contribution in [0.3, 0.4) is 0 Å². The minimum Gasteiger partial charge on any atom is -0.507 e. The van der Waals surface area contributed by atoms with Crippen LogP contribution in [0.25, 0.3) is 0 Å². The van der Waals surface area contributed by atoms with Crippen LogP contribution in [0, 0.1) is 20.8 Å². The van der Waals surface area contributed by atoms with E-state index in [-0.39, 0.29) is 0 Å². The van der Waals surface area contributed by atoms with E-state index in [1.165, 1.54) is 0 Å². The Morgan fingerprint density at radius 1 is 1.30 bits per heavy atom. The van der Waals surface area contributed by atoms with E-state index in [9.17, 15) is 5.11 Å². The molecule has 1 unspecified atom stereocenters. The average Bonchev–Trinajstić information content (AvgIpc) is 3.01. The standard InChI is InChI=1S/C18H24N2O2S/c1-10-11(2)17-13(12(3)16(10)21)6-7-18(4,22-17)14-9-23-15(20-14)8-19-5/h9,19,21H,6-8H2,1-5H3. The van der Waals surface area contributed by atoms with Crippen molar-refractivity contribution in [3.8, 4) is 11.5 Å². The van der Waals surface area contributed by atoms with Crippen molar-refractivity contribution in [2.45, 2.75) is 52.7 Å². The summed E-state index contributed by atoms with van der Waals surface area (Å²) in [4.78, 5) is 4.74. The summed E-state index contributed by atoms with van der Waals surface area (Å²) < 4.78 is 6.46. The van der Waals surface area contributed by atoms with Gasteiger partial charge in [0.25, 0.3) is 0 Å².